The van der Waals surface area contributed by atoms with Crippen LogP contribution in [-0.2, 0) is 0 Å². The first-order valence-electron chi connectivity index (χ1n) is 3.84. The predicted molar refractivity (Wildman–Crippen MR) is 47.2 cm³/mol. The molecule has 0 saturated carbocycles. The third-order valence-electron chi connectivity index (χ3n) is 1.54. The summed E-state index contributed by atoms with van der Waals surface area (Å²) in [4.78, 5) is 11.4. The topological polar surface area (TPSA) is 30.2 Å². The lowest BCUT2D eigenvalue weighted by Crippen LogP contribution is -1.94. The zero-order valence-corrected chi connectivity index (χ0v) is 7.55. The summed E-state index contributed by atoms with van der Waals surface area (Å²) in [5.74, 6) is 0.693. The summed E-state index contributed by atoms with van der Waals surface area (Å²) in [5, 5.41) is 0. The number of furan rings is 1. The van der Waals surface area contributed by atoms with Crippen LogP contribution in [0.5, 0.6) is 0 Å². The minimum atomic E-state index is 0.0150. The Balaban J connectivity index is 2.93. The highest BCUT2D eigenvalue weighted by Crippen LogP contribution is 2.10. The van der Waals surface area contributed by atoms with Gasteiger partial charge in [-0.2, -0.15) is 0 Å². The highest BCUT2D eigenvalue weighted by atomic mass is 16.3. The first kappa shape index (κ1) is 8.78. The van der Waals surface area contributed by atoms with Crippen LogP contribution in [0.2, 0.25) is 0 Å². The molecule has 0 unspecified atom stereocenters. The summed E-state index contributed by atoms with van der Waals surface area (Å²) in [7, 11) is 0. The van der Waals surface area contributed by atoms with Crippen molar-refractivity contribution >= 4 is 5.78 Å². The van der Waals surface area contributed by atoms with Crippen LogP contribution in [0.1, 0.15) is 30.0 Å². The van der Waals surface area contributed by atoms with E-state index in [9.17, 15) is 4.79 Å². The van der Waals surface area contributed by atoms with E-state index >= 15 is 0 Å². The van der Waals surface area contributed by atoms with Gasteiger partial charge in [0.05, 0.1) is 11.8 Å². The third kappa shape index (κ3) is 1.84. The van der Waals surface area contributed by atoms with Gasteiger partial charge in [0, 0.05) is 0 Å². The van der Waals surface area contributed by atoms with Crippen molar-refractivity contribution in [3.8, 4) is 0 Å². The maximum absolute atomic E-state index is 11.4. The molecule has 0 fully saturated rings. The van der Waals surface area contributed by atoms with Gasteiger partial charge in [0.25, 0.3) is 0 Å². The van der Waals surface area contributed by atoms with Gasteiger partial charge in [0.1, 0.15) is 5.76 Å². The minimum absolute atomic E-state index is 0.0150. The lowest BCUT2D eigenvalue weighted by atomic mass is 10.1. The van der Waals surface area contributed by atoms with E-state index in [1.807, 2.05) is 13.8 Å². The van der Waals surface area contributed by atoms with Gasteiger partial charge in [-0.25, -0.2) is 0 Å². The van der Waals surface area contributed by atoms with Gasteiger partial charge in [-0.05, 0) is 32.9 Å². The van der Waals surface area contributed by atoms with Gasteiger partial charge in [-0.3, -0.25) is 4.79 Å². The quantitative estimate of drug-likeness (QED) is 0.497. The van der Waals surface area contributed by atoms with E-state index < -0.39 is 0 Å². The monoisotopic (exact) mass is 164 g/mol. The average molecular weight is 164 g/mol. The van der Waals surface area contributed by atoms with E-state index in [2.05, 4.69) is 0 Å². The lowest BCUT2D eigenvalue weighted by molar-refractivity contribution is 0.104. The Morgan fingerprint density at radius 1 is 1.50 bits per heavy atom. The van der Waals surface area contributed by atoms with Crippen LogP contribution in [0.15, 0.2) is 28.4 Å². The second kappa shape index (κ2) is 3.39. The molecule has 1 rings (SSSR count). The fraction of sp³-hybridized carbons (Fsp3) is 0.300. The van der Waals surface area contributed by atoms with Crippen LogP contribution < -0.4 is 0 Å². The van der Waals surface area contributed by atoms with Gasteiger partial charge in [-0.1, -0.05) is 5.57 Å². The summed E-state index contributed by atoms with van der Waals surface area (Å²) in [6, 6.07) is 1.69. The Morgan fingerprint density at radius 3 is 2.58 bits per heavy atom. The molecule has 0 radical (unpaired) electrons. The smallest absolute Gasteiger partial charge is 0.189 e. The van der Waals surface area contributed by atoms with E-state index in [1.54, 1.807) is 19.1 Å². The first-order chi connectivity index (χ1) is 5.61. The van der Waals surface area contributed by atoms with Gasteiger partial charge in [0.2, 0.25) is 0 Å². The minimum Gasteiger partial charge on any atom is -0.469 e. The normalized spacial score (nSPS) is 9.58. The molecule has 0 bridgehead atoms. The van der Waals surface area contributed by atoms with Crippen LogP contribution in [0.4, 0.5) is 0 Å². The van der Waals surface area contributed by atoms with E-state index in [-0.39, 0.29) is 5.78 Å². The molecular formula is C10H12O2. The molecule has 0 N–H and O–H groups in total. The molecule has 0 aromatic carbocycles. The maximum Gasteiger partial charge on any atom is 0.189 e. The maximum atomic E-state index is 11.4. The van der Waals surface area contributed by atoms with Crippen molar-refractivity contribution in [2.75, 3.05) is 0 Å². The number of aryl methyl sites for hydroxylation is 1. The van der Waals surface area contributed by atoms with Crippen molar-refractivity contribution in [2.24, 2.45) is 0 Å². The molecule has 0 amide bonds. The van der Waals surface area contributed by atoms with Crippen LogP contribution >= 0.6 is 0 Å². The highest BCUT2D eigenvalue weighted by molar-refractivity contribution is 6.05. The molecule has 0 spiro atoms. The molecule has 12 heavy (non-hydrogen) atoms. The number of rotatable bonds is 2. The first-order valence-corrected chi connectivity index (χ1v) is 3.84. The van der Waals surface area contributed by atoms with Crippen LogP contribution in [-0.4, -0.2) is 5.78 Å². The van der Waals surface area contributed by atoms with Crippen molar-refractivity contribution < 1.29 is 9.21 Å². The number of hydrogen-bond acceptors (Lipinski definition) is 2. The van der Waals surface area contributed by atoms with Crippen molar-refractivity contribution in [1.82, 2.24) is 0 Å². The van der Waals surface area contributed by atoms with E-state index in [1.165, 1.54) is 6.26 Å². The second-order valence-electron chi connectivity index (χ2n) is 2.98. The zero-order valence-electron chi connectivity index (χ0n) is 7.55. The fourth-order valence-electron chi connectivity index (χ4n) is 0.981. The number of allylic oxidation sites excluding steroid dienone is 2. The van der Waals surface area contributed by atoms with Gasteiger partial charge in [-0.15, -0.1) is 0 Å². The summed E-state index contributed by atoms with van der Waals surface area (Å²) >= 11 is 0. The largest absolute Gasteiger partial charge is 0.469 e. The predicted octanol–water partition coefficient (Wildman–Crippen LogP) is 2.74. The molecule has 2 heteroatoms. The molecule has 1 aromatic rings. The Morgan fingerprint density at radius 2 is 2.17 bits per heavy atom. The molecule has 0 aliphatic carbocycles. The summed E-state index contributed by atoms with van der Waals surface area (Å²) in [6.07, 6.45) is 3.14. The second-order valence-corrected chi connectivity index (χ2v) is 2.98. The summed E-state index contributed by atoms with van der Waals surface area (Å²) in [5.41, 5.74) is 1.65. The molecule has 1 heterocycles. The molecule has 0 saturated heterocycles. The average Bonchev–Trinajstić information content (AvgIpc) is 2.33. The zero-order chi connectivity index (χ0) is 9.14. The lowest BCUT2D eigenvalue weighted by Gasteiger charge is -1.92. The molecule has 1 aromatic heterocycles. The summed E-state index contributed by atoms with van der Waals surface area (Å²) in [6.45, 7) is 5.58. The van der Waals surface area contributed by atoms with Crippen molar-refractivity contribution in [1.29, 1.82) is 0 Å². The Bertz CT molecular complexity index is 314. The number of carbonyl (C=O) groups is 1. The number of carbonyl (C=O) groups excluding carboxylic acids is 1. The molecular weight excluding hydrogens is 152 g/mol. The van der Waals surface area contributed by atoms with Crippen molar-refractivity contribution in [2.45, 2.75) is 20.8 Å². The van der Waals surface area contributed by atoms with E-state index in [0.717, 1.165) is 5.57 Å². The molecule has 64 valence electrons. The Kier molecular flexibility index (Phi) is 2.48. The van der Waals surface area contributed by atoms with Gasteiger partial charge in [0.15, 0.2) is 5.78 Å². The van der Waals surface area contributed by atoms with Gasteiger partial charge >= 0.3 is 0 Å². The molecule has 0 aliphatic rings. The SMILES string of the molecule is CC(C)=CC(=O)c1ccoc1C. The number of ketones is 1. The molecule has 2 nitrogen and oxygen atoms in total. The highest BCUT2D eigenvalue weighted by Gasteiger charge is 2.07. The standard InChI is InChI=1S/C10H12O2/c1-7(2)6-10(11)9-4-5-12-8(9)3/h4-6H,1-3H3. The fourth-order valence-corrected chi connectivity index (χ4v) is 0.981. The van der Waals surface area contributed by atoms with Crippen LogP contribution in [0.25, 0.3) is 0 Å². The summed E-state index contributed by atoms with van der Waals surface area (Å²) < 4.78 is 5.02. The van der Waals surface area contributed by atoms with E-state index in [4.69, 9.17) is 4.42 Å². The Labute approximate surface area is 71.9 Å². The van der Waals surface area contributed by atoms with Crippen LogP contribution in [0, 0.1) is 6.92 Å². The molecule has 0 aliphatic heterocycles. The van der Waals surface area contributed by atoms with E-state index in [0.29, 0.717) is 11.3 Å². The molecule has 0 atom stereocenters. The van der Waals surface area contributed by atoms with Crippen molar-refractivity contribution in [3.05, 3.63) is 35.3 Å². The Hall–Kier alpha value is -1.31. The van der Waals surface area contributed by atoms with Crippen molar-refractivity contribution in [3.63, 3.8) is 0 Å². The van der Waals surface area contributed by atoms with Crippen LogP contribution in [0.3, 0.4) is 0 Å². The van der Waals surface area contributed by atoms with Gasteiger partial charge < -0.3 is 4.42 Å². The number of hydrogen-bond donors (Lipinski definition) is 0. The third-order valence-corrected chi connectivity index (χ3v) is 1.54.